The van der Waals surface area contributed by atoms with Crippen molar-refractivity contribution in [3.8, 4) is 0 Å². The normalized spacial score (nSPS) is 10.8. The molecule has 26 heavy (non-hydrogen) atoms. The molecule has 0 radical (unpaired) electrons. The lowest BCUT2D eigenvalue weighted by Crippen LogP contribution is -2.21. The van der Waals surface area contributed by atoms with Gasteiger partial charge in [0.25, 0.3) is 5.91 Å². The number of amides is 1. The Morgan fingerprint density at radius 3 is 2.69 bits per heavy atom. The van der Waals surface area contributed by atoms with Gasteiger partial charge in [0.2, 0.25) is 0 Å². The van der Waals surface area contributed by atoms with Gasteiger partial charge in [-0.05, 0) is 55.3 Å². The molecule has 5 nitrogen and oxygen atoms in total. The van der Waals surface area contributed by atoms with Gasteiger partial charge in [0.15, 0.2) is 6.61 Å². The molecule has 0 atom stereocenters. The zero-order valence-electron chi connectivity index (χ0n) is 14.2. The van der Waals surface area contributed by atoms with Crippen molar-refractivity contribution in [3.05, 3.63) is 64.1 Å². The van der Waals surface area contributed by atoms with Gasteiger partial charge >= 0.3 is 5.97 Å². The van der Waals surface area contributed by atoms with Crippen LogP contribution in [0.25, 0.3) is 10.9 Å². The first-order valence-corrected chi connectivity index (χ1v) is 8.23. The van der Waals surface area contributed by atoms with E-state index in [4.69, 9.17) is 16.3 Å². The van der Waals surface area contributed by atoms with Gasteiger partial charge in [0.1, 0.15) is 11.5 Å². The number of aromatic nitrogens is 1. The maximum atomic E-state index is 13.0. The monoisotopic (exact) mass is 374 g/mol. The number of aromatic amines is 1. The highest BCUT2D eigenvalue weighted by atomic mass is 35.5. The first-order valence-electron chi connectivity index (χ1n) is 7.85. The van der Waals surface area contributed by atoms with Crippen LogP contribution in [0.15, 0.2) is 36.4 Å². The quantitative estimate of drug-likeness (QED) is 0.666. The van der Waals surface area contributed by atoms with Crippen LogP contribution < -0.4 is 5.32 Å². The number of ether oxygens (including phenoxy) is 1. The first kappa shape index (κ1) is 17.9. The molecule has 0 bridgehead atoms. The Hall–Kier alpha value is -2.86. The van der Waals surface area contributed by atoms with E-state index in [9.17, 15) is 14.0 Å². The van der Waals surface area contributed by atoms with Crippen LogP contribution in [-0.4, -0.2) is 23.5 Å². The molecular weight excluding hydrogens is 359 g/mol. The van der Waals surface area contributed by atoms with E-state index in [0.717, 1.165) is 28.1 Å². The van der Waals surface area contributed by atoms with Crippen molar-refractivity contribution in [1.82, 2.24) is 4.98 Å². The molecule has 7 heteroatoms. The van der Waals surface area contributed by atoms with Gasteiger partial charge in [-0.3, -0.25) is 4.79 Å². The van der Waals surface area contributed by atoms with E-state index in [1.807, 2.05) is 26.0 Å². The van der Waals surface area contributed by atoms with Crippen LogP contribution in [-0.2, 0) is 9.53 Å². The highest BCUT2D eigenvalue weighted by Crippen LogP contribution is 2.23. The maximum Gasteiger partial charge on any atom is 0.355 e. The molecule has 3 rings (SSSR count). The summed E-state index contributed by atoms with van der Waals surface area (Å²) in [5, 5.41) is 3.45. The molecule has 0 unspecified atom stereocenters. The second-order valence-corrected chi connectivity index (χ2v) is 6.38. The number of benzene rings is 2. The molecule has 0 aliphatic heterocycles. The standard InChI is InChI=1S/C19H16ClFN2O3/c1-10-5-11(2)13-8-17(22-16(13)6-10)19(25)26-9-18(24)23-15-4-3-12(21)7-14(15)20/h3-8,22H,9H2,1-2H3,(H,23,24). The molecule has 0 spiro atoms. The number of aryl methyl sites for hydroxylation is 2. The third-order valence-corrected chi connectivity index (χ3v) is 4.16. The molecule has 0 aliphatic rings. The fraction of sp³-hybridized carbons (Fsp3) is 0.158. The summed E-state index contributed by atoms with van der Waals surface area (Å²) in [5.41, 5.74) is 3.45. The number of hydrogen-bond acceptors (Lipinski definition) is 3. The second kappa shape index (κ2) is 7.17. The number of carbonyl (C=O) groups is 2. The molecular formula is C19H16ClFN2O3. The summed E-state index contributed by atoms with van der Waals surface area (Å²) in [4.78, 5) is 27.1. The third kappa shape index (κ3) is 3.86. The van der Waals surface area contributed by atoms with Crippen molar-refractivity contribution in [3.63, 3.8) is 0 Å². The molecule has 134 valence electrons. The van der Waals surface area contributed by atoms with E-state index in [0.29, 0.717) is 0 Å². The van der Waals surface area contributed by atoms with E-state index < -0.39 is 24.3 Å². The van der Waals surface area contributed by atoms with E-state index in [1.54, 1.807) is 6.07 Å². The number of halogens is 2. The zero-order valence-corrected chi connectivity index (χ0v) is 14.9. The molecule has 1 amide bonds. The van der Waals surface area contributed by atoms with Crippen molar-refractivity contribution >= 4 is 40.1 Å². The molecule has 0 aliphatic carbocycles. The van der Waals surface area contributed by atoms with Gasteiger partial charge in [-0.2, -0.15) is 0 Å². The molecule has 1 aromatic heterocycles. The summed E-state index contributed by atoms with van der Waals surface area (Å²) < 4.78 is 18.0. The largest absolute Gasteiger partial charge is 0.451 e. The van der Waals surface area contributed by atoms with Crippen LogP contribution in [0.1, 0.15) is 21.6 Å². The van der Waals surface area contributed by atoms with Gasteiger partial charge in [-0.15, -0.1) is 0 Å². The average Bonchev–Trinajstić information content (AvgIpc) is 2.99. The lowest BCUT2D eigenvalue weighted by Gasteiger charge is -2.07. The van der Waals surface area contributed by atoms with E-state index in [-0.39, 0.29) is 16.4 Å². The van der Waals surface area contributed by atoms with Crippen LogP contribution in [0.3, 0.4) is 0 Å². The van der Waals surface area contributed by atoms with Gasteiger partial charge in [0.05, 0.1) is 10.7 Å². The van der Waals surface area contributed by atoms with E-state index in [1.165, 1.54) is 12.1 Å². The third-order valence-electron chi connectivity index (χ3n) is 3.85. The Morgan fingerprint density at radius 1 is 1.19 bits per heavy atom. The maximum absolute atomic E-state index is 13.0. The summed E-state index contributed by atoms with van der Waals surface area (Å²) in [7, 11) is 0. The predicted octanol–water partition coefficient (Wildman–Crippen LogP) is 4.37. The Bertz CT molecular complexity index is 1010. The van der Waals surface area contributed by atoms with Crippen LogP contribution in [0.5, 0.6) is 0 Å². The molecule has 1 heterocycles. The zero-order chi connectivity index (χ0) is 18.8. The summed E-state index contributed by atoms with van der Waals surface area (Å²) in [6.45, 7) is 3.44. The highest BCUT2D eigenvalue weighted by molar-refractivity contribution is 6.33. The molecule has 2 aromatic carbocycles. The summed E-state index contributed by atoms with van der Waals surface area (Å²) >= 11 is 5.84. The predicted molar refractivity (Wildman–Crippen MR) is 98.1 cm³/mol. The smallest absolute Gasteiger partial charge is 0.355 e. The van der Waals surface area contributed by atoms with Gasteiger partial charge < -0.3 is 15.0 Å². The summed E-state index contributed by atoms with van der Waals surface area (Å²) in [5.74, 6) is -1.72. The van der Waals surface area contributed by atoms with E-state index >= 15 is 0 Å². The number of hydrogen-bond donors (Lipinski definition) is 2. The van der Waals surface area contributed by atoms with Crippen molar-refractivity contribution in [2.75, 3.05) is 11.9 Å². The number of anilines is 1. The summed E-state index contributed by atoms with van der Waals surface area (Å²) in [6.07, 6.45) is 0. The molecule has 2 N–H and O–H groups in total. The lowest BCUT2D eigenvalue weighted by atomic mass is 10.1. The Morgan fingerprint density at radius 2 is 1.96 bits per heavy atom. The SMILES string of the molecule is Cc1cc(C)c2cc(C(=O)OCC(=O)Nc3ccc(F)cc3Cl)[nH]c2c1. The Kier molecular flexibility index (Phi) is 4.95. The van der Waals surface area contributed by atoms with Crippen LogP contribution in [0.2, 0.25) is 5.02 Å². The minimum Gasteiger partial charge on any atom is -0.451 e. The topological polar surface area (TPSA) is 71.2 Å². The summed E-state index contributed by atoms with van der Waals surface area (Å²) in [6, 6.07) is 9.23. The number of esters is 1. The Balaban J connectivity index is 1.65. The van der Waals surface area contributed by atoms with Crippen LogP contribution >= 0.6 is 11.6 Å². The molecule has 0 saturated heterocycles. The first-order chi connectivity index (χ1) is 12.3. The average molecular weight is 375 g/mol. The fourth-order valence-corrected chi connectivity index (χ4v) is 2.91. The van der Waals surface area contributed by atoms with Gasteiger partial charge in [0, 0.05) is 10.9 Å². The molecule has 0 saturated carbocycles. The number of H-pyrrole nitrogens is 1. The van der Waals surface area contributed by atoms with E-state index in [2.05, 4.69) is 10.3 Å². The molecule has 0 fully saturated rings. The second-order valence-electron chi connectivity index (χ2n) is 5.97. The van der Waals surface area contributed by atoms with Crippen molar-refractivity contribution in [1.29, 1.82) is 0 Å². The van der Waals surface area contributed by atoms with Crippen LogP contribution in [0, 0.1) is 19.7 Å². The number of nitrogens with one attached hydrogen (secondary N) is 2. The minimum atomic E-state index is -0.640. The van der Waals surface area contributed by atoms with Gasteiger partial charge in [-0.1, -0.05) is 17.7 Å². The van der Waals surface area contributed by atoms with Crippen molar-refractivity contribution < 1.29 is 18.7 Å². The van der Waals surface area contributed by atoms with Gasteiger partial charge in [-0.25, -0.2) is 9.18 Å². The van der Waals surface area contributed by atoms with Crippen LogP contribution in [0.4, 0.5) is 10.1 Å². The van der Waals surface area contributed by atoms with Crippen molar-refractivity contribution in [2.24, 2.45) is 0 Å². The minimum absolute atomic E-state index is 0.0612. The fourth-order valence-electron chi connectivity index (χ4n) is 2.70. The number of rotatable bonds is 4. The lowest BCUT2D eigenvalue weighted by molar-refractivity contribution is -0.119. The number of carbonyl (C=O) groups excluding carboxylic acids is 2. The molecule has 3 aromatic rings. The number of fused-ring (bicyclic) bond motifs is 1. The highest BCUT2D eigenvalue weighted by Gasteiger charge is 2.15. The van der Waals surface area contributed by atoms with Crippen molar-refractivity contribution in [2.45, 2.75) is 13.8 Å². The Labute approximate surface area is 154 Å².